The number of ether oxygens (including phenoxy) is 1. The van der Waals surface area contributed by atoms with Gasteiger partial charge in [-0.3, -0.25) is 19.1 Å². The number of aryl methyl sites for hydroxylation is 2. The Labute approximate surface area is 273 Å². The van der Waals surface area contributed by atoms with E-state index in [0.29, 0.717) is 10.9 Å². The van der Waals surface area contributed by atoms with Gasteiger partial charge in [0.2, 0.25) is 0 Å². The number of anilines is 1. The Balaban J connectivity index is 1.32. The first kappa shape index (κ1) is 33.2. The molecule has 6 rings (SSSR count). The highest BCUT2D eigenvalue weighted by Gasteiger charge is 2.45. The zero-order valence-corrected chi connectivity index (χ0v) is 25.9. The second-order valence-corrected chi connectivity index (χ2v) is 11.4. The number of carbonyl (C=O) groups excluding carboxylic acids is 1. The van der Waals surface area contributed by atoms with E-state index >= 15 is 4.39 Å². The van der Waals surface area contributed by atoms with Crippen LogP contribution >= 0.6 is 0 Å². The second-order valence-electron chi connectivity index (χ2n) is 11.4. The first-order chi connectivity index (χ1) is 23.3. The minimum absolute atomic E-state index is 0.00449. The number of carboxylic acids is 1. The summed E-state index contributed by atoms with van der Waals surface area (Å²) in [5.74, 6) is -3.67. The number of aromatic nitrogens is 5. The molecule has 0 radical (unpaired) electrons. The molecule has 17 heteroatoms. The van der Waals surface area contributed by atoms with E-state index in [4.69, 9.17) is 4.74 Å². The average Bonchev–Trinajstić information content (AvgIpc) is 3.07. The van der Waals surface area contributed by atoms with E-state index in [2.05, 4.69) is 20.3 Å². The summed E-state index contributed by atoms with van der Waals surface area (Å²) in [6.07, 6.45) is -0.890. The summed E-state index contributed by atoms with van der Waals surface area (Å²) in [5, 5.41) is 12.7. The molecule has 1 fully saturated rings. The van der Waals surface area contributed by atoms with Crippen LogP contribution in [0.4, 0.5) is 23.2 Å². The summed E-state index contributed by atoms with van der Waals surface area (Å²) in [7, 11) is 1.43. The Bertz CT molecular complexity index is 2230. The lowest BCUT2D eigenvalue weighted by Gasteiger charge is -2.38. The maximum absolute atomic E-state index is 15.4. The number of nitrogens with zero attached hydrogens (tertiary/aromatic N) is 6. The molecule has 1 amide bonds. The predicted octanol–water partition coefficient (Wildman–Crippen LogP) is 2.67. The molecule has 5 aromatic rings. The SMILES string of the molecule is Cc1cc(N2CCOC[C@@H]2C(F)(F)F)cc(F)c1C(=O)NC(Cc1ccc(-n2c(=O)c3nccnc3n(C)c2=O)c2ncccc12)C(=O)O. The standard InChI is InChI=1S/C32H27F4N7O6/c1-16-12-18(42-10-11-49-15-23(42)32(34,35)36)14-20(33)24(16)28(44)40-21(30(46)47)13-17-5-6-22(25-19(17)4-3-7-37-25)43-29(45)26-27(39-9-8-38-26)41(2)31(43)48/h3-9,12,14,21,23H,10-11,13,15H2,1-2H3,(H,40,44)(H,46,47)/t21?,23-/m1/s1. The van der Waals surface area contributed by atoms with Gasteiger partial charge in [0.1, 0.15) is 17.9 Å². The Morgan fingerprint density at radius 2 is 1.82 bits per heavy atom. The van der Waals surface area contributed by atoms with Crippen LogP contribution in [0.2, 0.25) is 0 Å². The van der Waals surface area contributed by atoms with Gasteiger partial charge in [-0.1, -0.05) is 12.1 Å². The maximum Gasteiger partial charge on any atom is 0.411 e. The normalized spacial score (nSPS) is 15.8. The van der Waals surface area contributed by atoms with Gasteiger partial charge in [-0.05, 0) is 42.3 Å². The average molecular weight is 682 g/mol. The number of pyridine rings is 1. The van der Waals surface area contributed by atoms with E-state index in [1.807, 2.05) is 0 Å². The van der Waals surface area contributed by atoms with E-state index < -0.39 is 59.4 Å². The first-order valence-electron chi connectivity index (χ1n) is 14.8. The summed E-state index contributed by atoms with van der Waals surface area (Å²) in [6, 6.07) is 4.50. The van der Waals surface area contributed by atoms with Crippen molar-refractivity contribution in [1.29, 1.82) is 0 Å². The van der Waals surface area contributed by atoms with Gasteiger partial charge in [0.25, 0.3) is 11.5 Å². The van der Waals surface area contributed by atoms with Crippen molar-refractivity contribution in [2.24, 2.45) is 7.05 Å². The molecule has 2 N–H and O–H groups in total. The number of rotatable bonds is 7. The number of halogens is 4. The molecule has 2 aromatic carbocycles. The molecule has 1 saturated heterocycles. The number of alkyl halides is 3. The van der Waals surface area contributed by atoms with Gasteiger partial charge in [0.15, 0.2) is 11.2 Å². The summed E-state index contributed by atoms with van der Waals surface area (Å²) in [6.45, 7) is 0.534. The number of morpholine rings is 1. The largest absolute Gasteiger partial charge is 0.480 e. The number of hydrogen-bond acceptors (Lipinski definition) is 9. The Hall–Kier alpha value is -5.71. The van der Waals surface area contributed by atoms with Gasteiger partial charge >= 0.3 is 17.8 Å². The fourth-order valence-electron chi connectivity index (χ4n) is 5.96. The predicted molar refractivity (Wildman–Crippen MR) is 167 cm³/mol. The molecule has 2 atom stereocenters. The van der Waals surface area contributed by atoms with Gasteiger partial charge in [0.05, 0.1) is 30.0 Å². The molecule has 0 aliphatic carbocycles. The van der Waals surface area contributed by atoms with Gasteiger partial charge < -0.3 is 20.1 Å². The summed E-state index contributed by atoms with van der Waals surface area (Å²) in [5.41, 5.74) is -1.44. The van der Waals surface area contributed by atoms with E-state index in [-0.39, 0.29) is 53.2 Å². The van der Waals surface area contributed by atoms with Crippen molar-refractivity contribution < 1.29 is 37.0 Å². The number of hydrogen-bond donors (Lipinski definition) is 2. The molecule has 254 valence electrons. The zero-order valence-electron chi connectivity index (χ0n) is 25.9. The van der Waals surface area contributed by atoms with Crippen LogP contribution in [-0.2, 0) is 23.0 Å². The van der Waals surface area contributed by atoms with Crippen molar-refractivity contribution in [3.05, 3.63) is 98.3 Å². The number of fused-ring (bicyclic) bond motifs is 2. The van der Waals surface area contributed by atoms with Gasteiger partial charge in [-0.2, -0.15) is 13.2 Å². The van der Waals surface area contributed by atoms with Crippen molar-refractivity contribution in [2.45, 2.75) is 31.6 Å². The highest BCUT2D eigenvalue weighted by Crippen LogP contribution is 2.33. The quantitative estimate of drug-likeness (QED) is 0.245. The zero-order chi connectivity index (χ0) is 35.2. The van der Waals surface area contributed by atoms with E-state index in [0.717, 1.165) is 20.1 Å². The fourth-order valence-corrected chi connectivity index (χ4v) is 5.96. The van der Waals surface area contributed by atoms with Gasteiger partial charge in [-0.25, -0.2) is 28.5 Å². The molecule has 3 aromatic heterocycles. The van der Waals surface area contributed by atoms with Crippen LogP contribution in [0, 0.1) is 12.7 Å². The summed E-state index contributed by atoms with van der Waals surface area (Å²) < 4.78 is 63.3. The highest BCUT2D eigenvalue weighted by molar-refractivity contribution is 5.99. The molecule has 0 saturated carbocycles. The molecule has 1 unspecified atom stereocenters. The topological polar surface area (TPSA) is 162 Å². The van der Waals surface area contributed by atoms with Gasteiger partial charge in [0, 0.05) is 49.7 Å². The van der Waals surface area contributed by atoms with Crippen LogP contribution in [0.25, 0.3) is 27.8 Å². The maximum atomic E-state index is 15.4. The number of aliphatic carboxylic acids is 1. The third-order valence-electron chi connectivity index (χ3n) is 8.32. The van der Waals surface area contributed by atoms with Crippen LogP contribution in [-0.4, -0.2) is 79.1 Å². The molecule has 49 heavy (non-hydrogen) atoms. The number of amides is 1. The summed E-state index contributed by atoms with van der Waals surface area (Å²) >= 11 is 0. The number of carboxylic acid groups (broad SMARTS) is 1. The fraction of sp³-hybridized carbons (Fsp3) is 0.281. The molecule has 1 aliphatic heterocycles. The van der Waals surface area contributed by atoms with E-state index in [1.165, 1.54) is 50.8 Å². The van der Waals surface area contributed by atoms with E-state index in [9.17, 15) is 37.5 Å². The van der Waals surface area contributed by atoms with Crippen LogP contribution in [0.3, 0.4) is 0 Å². The number of carbonyl (C=O) groups is 2. The molecular weight excluding hydrogens is 654 g/mol. The minimum Gasteiger partial charge on any atom is -0.480 e. The van der Waals surface area contributed by atoms with Crippen molar-refractivity contribution in [3.8, 4) is 5.69 Å². The summed E-state index contributed by atoms with van der Waals surface area (Å²) in [4.78, 5) is 65.8. The third kappa shape index (κ3) is 6.08. The number of benzene rings is 2. The smallest absolute Gasteiger partial charge is 0.411 e. The van der Waals surface area contributed by atoms with Crippen molar-refractivity contribution in [1.82, 2.24) is 29.4 Å². The number of nitrogens with one attached hydrogen (secondary N) is 1. The molecule has 0 bridgehead atoms. The van der Waals surface area contributed by atoms with E-state index in [1.54, 1.807) is 12.1 Å². The third-order valence-corrected chi connectivity index (χ3v) is 8.32. The minimum atomic E-state index is -4.65. The lowest BCUT2D eigenvalue weighted by molar-refractivity contribution is -0.167. The Morgan fingerprint density at radius 1 is 1.08 bits per heavy atom. The molecular formula is C32H27F4N7O6. The molecule has 1 aliphatic rings. The molecule has 13 nitrogen and oxygen atoms in total. The van der Waals surface area contributed by atoms with Crippen molar-refractivity contribution in [3.63, 3.8) is 0 Å². The highest BCUT2D eigenvalue weighted by atomic mass is 19.4. The lowest BCUT2D eigenvalue weighted by atomic mass is 9.99. The van der Waals surface area contributed by atoms with Crippen LogP contribution in [0.15, 0.2) is 64.6 Å². The lowest BCUT2D eigenvalue weighted by Crippen LogP contribution is -2.53. The second kappa shape index (κ2) is 12.7. The first-order valence-corrected chi connectivity index (χ1v) is 14.8. The molecule has 0 spiro atoms. The Morgan fingerprint density at radius 3 is 2.53 bits per heavy atom. The van der Waals surface area contributed by atoms with Crippen LogP contribution in [0.1, 0.15) is 21.5 Å². The van der Waals surface area contributed by atoms with Crippen LogP contribution < -0.4 is 21.5 Å². The van der Waals surface area contributed by atoms with Crippen LogP contribution in [0.5, 0.6) is 0 Å². The van der Waals surface area contributed by atoms with Crippen molar-refractivity contribution in [2.75, 3.05) is 24.7 Å². The van der Waals surface area contributed by atoms with Gasteiger partial charge in [-0.15, -0.1) is 0 Å². The monoisotopic (exact) mass is 681 g/mol. The van der Waals surface area contributed by atoms with Crippen molar-refractivity contribution >= 4 is 39.6 Å². The Kier molecular flexibility index (Phi) is 8.62. The molecule has 4 heterocycles.